The van der Waals surface area contributed by atoms with Crippen molar-refractivity contribution in [2.45, 2.75) is 51.9 Å². The van der Waals surface area contributed by atoms with Gasteiger partial charge in [-0.3, -0.25) is 9.36 Å². The molecule has 0 aliphatic carbocycles. The fourth-order valence-electron chi connectivity index (χ4n) is 3.44. The Labute approximate surface area is 190 Å². The van der Waals surface area contributed by atoms with Crippen LogP contribution in [-0.2, 0) is 20.8 Å². The number of hydrogen-bond acceptors (Lipinski definition) is 10. The summed E-state index contributed by atoms with van der Waals surface area (Å²) in [5.74, 6) is 0.239. The maximum atomic E-state index is 12.0. The Hall–Kier alpha value is -3.28. The first-order valence-electron chi connectivity index (χ1n) is 10.5. The van der Waals surface area contributed by atoms with Crippen molar-refractivity contribution in [3.63, 3.8) is 0 Å². The molecule has 33 heavy (non-hydrogen) atoms. The molecule has 11 heteroatoms. The van der Waals surface area contributed by atoms with Crippen LogP contribution in [-0.4, -0.2) is 65.7 Å². The van der Waals surface area contributed by atoms with E-state index in [0.717, 1.165) is 5.56 Å². The number of benzene rings is 1. The second kappa shape index (κ2) is 8.93. The molecule has 2 aromatic heterocycles. The minimum Gasteiger partial charge on any atom is -0.508 e. The Balaban J connectivity index is 1.49. The third kappa shape index (κ3) is 4.75. The van der Waals surface area contributed by atoms with Gasteiger partial charge < -0.3 is 30.1 Å². The molecule has 1 aliphatic heterocycles. The molecule has 0 unspecified atom stereocenters. The van der Waals surface area contributed by atoms with Gasteiger partial charge in [0.15, 0.2) is 23.2 Å². The molecule has 1 aliphatic rings. The number of phenols is 1. The predicted octanol–water partition coefficient (Wildman–Crippen LogP) is 1.35. The Kier molecular flexibility index (Phi) is 6.19. The number of anilines is 1. The molecule has 3 aromatic rings. The van der Waals surface area contributed by atoms with E-state index in [1.807, 2.05) is 0 Å². The highest BCUT2D eigenvalue weighted by Crippen LogP contribution is 2.33. The van der Waals surface area contributed by atoms with E-state index in [-0.39, 0.29) is 12.4 Å². The van der Waals surface area contributed by atoms with E-state index >= 15 is 0 Å². The summed E-state index contributed by atoms with van der Waals surface area (Å²) in [5, 5.41) is 33.6. The van der Waals surface area contributed by atoms with Gasteiger partial charge in [-0.15, -0.1) is 0 Å². The number of rotatable bonds is 6. The first-order valence-corrected chi connectivity index (χ1v) is 10.5. The Morgan fingerprint density at radius 3 is 2.58 bits per heavy atom. The molecule has 4 N–H and O–H groups in total. The molecule has 176 valence electrons. The van der Waals surface area contributed by atoms with Gasteiger partial charge in [0.1, 0.15) is 37.0 Å². The number of aliphatic hydroxyl groups excluding tert-OH is 2. The van der Waals surface area contributed by atoms with E-state index in [0.29, 0.717) is 23.5 Å². The minimum absolute atomic E-state index is 0.186. The van der Waals surface area contributed by atoms with Crippen molar-refractivity contribution in [1.29, 1.82) is 0 Å². The predicted molar refractivity (Wildman–Crippen MR) is 117 cm³/mol. The maximum absolute atomic E-state index is 12.0. The van der Waals surface area contributed by atoms with Crippen molar-refractivity contribution in [2.24, 2.45) is 5.41 Å². The quantitative estimate of drug-likeness (QED) is 0.399. The van der Waals surface area contributed by atoms with E-state index in [1.54, 1.807) is 45.0 Å². The van der Waals surface area contributed by atoms with Crippen molar-refractivity contribution in [2.75, 3.05) is 11.9 Å². The van der Waals surface area contributed by atoms with Crippen molar-refractivity contribution >= 4 is 23.0 Å². The highest BCUT2D eigenvalue weighted by Gasteiger charge is 2.45. The number of aromatic hydroxyl groups is 1. The first kappa shape index (κ1) is 22.9. The standard InChI is InChI=1S/C22H27N5O6/c1-22(2,3)21(31)32-9-14-16(29)17(30)20(33-14)27-11-26-15-18(24-10-25-19(15)27)23-8-12-4-6-13(28)7-5-12/h4-7,10-11,14,16-17,20,28-30H,8-9H2,1-3H3,(H,23,24,25)/t14-,16-,17-,20-/m1/s1. The Bertz CT molecular complexity index is 1130. The van der Waals surface area contributed by atoms with Crippen molar-refractivity contribution in [1.82, 2.24) is 19.5 Å². The monoisotopic (exact) mass is 457 g/mol. The van der Waals surface area contributed by atoms with Crippen LogP contribution in [0.3, 0.4) is 0 Å². The molecule has 0 bridgehead atoms. The molecule has 3 heterocycles. The number of carbonyl (C=O) groups is 1. The summed E-state index contributed by atoms with van der Waals surface area (Å²) in [4.78, 5) is 24.9. The first-order chi connectivity index (χ1) is 15.6. The molecule has 0 spiro atoms. The van der Waals surface area contributed by atoms with E-state index in [2.05, 4.69) is 20.3 Å². The summed E-state index contributed by atoms with van der Waals surface area (Å²) in [5.41, 5.74) is 1.11. The summed E-state index contributed by atoms with van der Waals surface area (Å²) >= 11 is 0. The Morgan fingerprint density at radius 2 is 1.88 bits per heavy atom. The third-order valence-electron chi connectivity index (χ3n) is 5.36. The molecule has 1 fully saturated rings. The van der Waals surface area contributed by atoms with Crippen LogP contribution in [0.2, 0.25) is 0 Å². The van der Waals surface area contributed by atoms with Crippen LogP contribution >= 0.6 is 0 Å². The van der Waals surface area contributed by atoms with Gasteiger partial charge in [0, 0.05) is 6.54 Å². The normalized spacial score (nSPS) is 23.1. The van der Waals surface area contributed by atoms with E-state index in [9.17, 15) is 20.1 Å². The van der Waals surface area contributed by atoms with Gasteiger partial charge in [0.2, 0.25) is 0 Å². The second-order valence-corrected chi connectivity index (χ2v) is 8.96. The van der Waals surface area contributed by atoms with Crippen molar-refractivity contribution < 1.29 is 29.6 Å². The summed E-state index contributed by atoms with van der Waals surface area (Å²) in [7, 11) is 0. The number of imidazole rings is 1. The molecule has 0 amide bonds. The zero-order valence-electron chi connectivity index (χ0n) is 18.5. The highest BCUT2D eigenvalue weighted by atomic mass is 16.6. The van der Waals surface area contributed by atoms with E-state index in [4.69, 9.17) is 9.47 Å². The Morgan fingerprint density at radius 1 is 1.15 bits per heavy atom. The number of carbonyl (C=O) groups excluding carboxylic acids is 1. The summed E-state index contributed by atoms with van der Waals surface area (Å²) in [6, 6.07) is 6.77. The van der Waals surface area contributed by atoms with Gasteiger partial charge in [-0.05, 0) is 38.5 Å². The van der Waals surface area contributed by atoms with Crippen LogP contribution in [0.15, 0.2) is 36.9 Å². The smallest absolute Gasteiger partial charge is 0.311 e. The number of ether oxygens (including phenoxy) is 2. The molecule has 4 atom stereocenters. The number of aliphatic hydroxyl groups is 2. The summed E-state index contributed by atoms with van der Waals surface area (Å²) < 4.78 is 12.6. The number of fused-ring (bicyclic) bond motifs is 1. The number of nitrogens with one attached hydrogen (secondary N) is 1. The number of nitrogens with zero attached hydrogens (tertiary/aromatic N) is 4. The largest absolute Gasteiger partial charge is 0.508 e. The zero-order chi connectivity index (χ0) is 23.8. The number of aromatic nitrogens is 4. The lowest BCUT2D eigenvalue weighted by molar-refractivity contribution is -0.159. The number of phenolic OH excluding ortho intramolecular Hbond substituents is 1. The number of esters is 1. The van der Waals surface area contributed by atoms with Crippen molar-refractivity contribution in [3.05, 3.63) is 42.5 Å². The van der Waals surface area contributed by atoms with Gasteiger partial charge in [-0.25, -0.2) is 15.0 Å². The molecule has 0 radical (unpaired) electrons. The lowest BCUT2D eigenvalue weighted by Crippen LogP contribution is -2.35. The van der Waals surface area contributed by atoms with Gasteiger partial charge in [0.05, 0.1) is 11.7 Å². The molecule has 1 saturated heterocycles. The fraction of sp³-hybridized carbons (Fsp3) is 0.455. The van der Waals surface area contributed by atoms with Crippen LogP contribution in [0, 0.1) is 5.41 Å². The average molecular weight is 457 g/mol. The van der Waals surface area contributed by atoms with Crippen LogP contribution in [0.4, 0.5) is 5.82 Å². The van der Waals surface area contributed by atoms with E-state index < -0.39 is 35.9 Å². The van der Waals surface area contributed by atoms with Crippen LogP contribution in [0.5, 0.6) is 5.75 Å². The number of hydrogen-bond donors (Lipinski definition) is 4. The SMILES string of the molecule is CC(C)(C)C(=O)OC[C@H]1O[C@@H](n2cnc3c(NCc4ccc(O)cc4)ncnc32)[C@H](O)[C@@H]1O. The summed E-state index contributed by atoms with van der Waals surface area (Å²) in [6.45, 7) is 5.43. The van der Waals surface area contributed by atoms with Gasteiger partial charge in [-0.2, -0.15) is 0 Å². The molecule has 1 aromatic carbocycles. The van der Waals surface area contributed by atoms with Crippen LogP contribution < -0.4 is 5.32 Å². The summed E-state index contributed by atoms with van der Waals surface area (Å²) in [6.07, 6.45) is -1.58. The average Bonchev–Trinajstić information content (AvgIpc) is 3.32. The maximum Gasteiger partial charge on any atom is 0.311 e. The van der Waals surface area contributed by atoms with Crippen molar-refractivity contribution in [3.8, 4) is 5.75 Å². The minimum atomic E-state index is -1.27. The van der Waals surface area contributed by atoms with Crippen LogP contribution in [0.1, 0.15) is 32.6 Å². The lowest BCUT2D eigenvalue weighted by atomic mass is 9.97. The molecule has 4 rings (SSSR count). The molecule has 11 nitrogen and oxygen atoms in total. The van der Waals surface area contributed by atoms with Gasteiger partial charge >= 0.3 is 5.97 Å². The lowest BCUT2D eigenvalue weighted by Gasteiger charge is -2.20. The molecule has 0 saturated carbocycles. The highest BCUT2D eigenvalue weighted by molar-refractivity contribution is 5.82. The molecular formula is C22H27N5O6. The molecular weight excluding hydrogens is 430 g/mol. The second-order valence-electron chi connectivity index (χ2n) is 8.96. The zero-order valence-corrected chi connectivity index (χ0v) is 18.5. The van der Waals surface area contributed by atoms with Crippen LogP contribution in [0.25, 0.3) is 11.2 Å². The van der Waals surface area contributed by atoms with E-state index in [1.165, 1.54) is 17.2 Å². The fourth-order valence-corrected chi connectivity index (χ4v) is 3.44. The van der Waals surface area contributed by atoms with Gasteiger partial charge in [-0.1, -0.05) is 12.1 Å². The van der Waals surface area contributed by atoms with Gasteiger partial charge in [0.25, 0.3) is 0 Å². The topological polar surface area (TPSA) is 152 Å². The third-order valence-corrected chi connectivity index (χ3v) is 5.36.